The fourth-order valence-corrected chi connectivity index (χ4v) is 3.02. The average molecular weight is 408 g/mol. The molecule has 92 valence electrons. The van der Waals surface area contributed by atoms with Crippen molar-refractivity contribution in [1.29, 1.82) is 0 Å². The summed E-state index contributed by atoms with van der Waals surface area (Å²) >= 11 is 5.69. The Morgan fingerprint density at radius 3 is 2.76 bits per heavy atom. The third-order valence-corrected chi connectivity index (χ3v) is 4.49. The van der Waals surface area contributed by atoms with Crippen LogP contribution in [0.2, 0.25) is 0 Å². The molecular weight excluding hydrogens is 393 g/mol. The molecule has 1 heterocycles. The lowest BCUT2D eigenvalue weighted by Crippen LogP contribution is -2.30. The van der Waals surface area contributed by atoms with E-state index >= 15 is 0 Å². The minimum Gasteiger partial charge on any atom is -0.338 e. The maximum atomic E-state index is 12.4. The molecule has 4 heteroatoms. The number of carbonyl (C=O) groups is 1. The van der Waals surface area contributed by atoms with E-state index in [1.54, 1.807) is 0 Å². The molecular formula is C13H15BrINO. The lowest BCUT2D eigenvalue weighted by molar-refractivity contribution is 0.0777. The number of amides is 1. The summed E-state index contributed by atoms with van der Waals surface area (Å²) in [6, 6.07) is 5.88. The summed E-state index contributed by atoms with van der Waals surface area (Å²) in [6.45, 7) is 6.14. The van der Waals surface area contributed by atoms with Crippen molar-refractivity contribution in [3.8, 4) is 0 Å². The molecule has 0 aliphatic carbocycles. The lowest BCUT2D eigenvalue weighted by Gasteiger charge is -2.20. The third-order valence-electron chi connectivity index (χ3n) is 3.12. The zero-order valence-electron chi connectivity index (χ0n) is 9.96. The second-order valence-corrected chi connectivity index (χ2v) is 7.37. The van der Waals surface area contributed by atoms with Gasteiger partial charge in [-0.15, -0.1) is 0 Å². The molecule has 1 saturated heterocycles. The van der Waals surface area contributed by atoms with Crippen LogP contribution in [0.25, 0.3) is 0 Å². The molecule has 0 spiro atoms. The van der Waals surface area contributed by atoms with E-state index in [-0.39, 0.29) is 11.3 Å². The fourth-order valence-electron chi connectivity index (χ4n) is 2.12. The van der Waals surface area contributed by atoms with Gasteiger partial charge in [-0.25, -0.2) is 0 Å². The van der Waals surface area contributed by atoms with Crippen LogP contribution in [0.3, 0.4) is 0 Å². The number of halogens is 2. The fraction of sp³-hybridized carbons (Fsp3) is 0.462. The van der Waals surface area contributed by atoms with E-state index in [2.05, 4.69) is 52.4 Å². The zero-order chi connectivity index (χ0) is 12.6. The Balaban J connectivity index is 2.23. The van der Waals surface area contributed by atoms with Gasteiger partial charge >= 0.3 is 0 Å². The van der Waals surface area contributed by atoms with Gasteiger partial charge in [-0.1, -0.05) is 13.8 Å². The van der Waals surface area contributed by atoms with E-state index < -0.39 is 0 Å². The number of nitrogens with zero attached hydrogens (tertiary/aromatic N) is 1. The predicted octanol–water partition coefficient (Wildman–Crippen LogP) is 3.93. The summed E-state index contributed by atoms with van der Waals surface area (Å²) in [5.74, 6) is 0.140. The van der Waals surface area contributed by atoms with Gasteiger partial charge in [0.15, 0.2) is 0 Å². The molecule has 0 atom stereocenters. The van der Waals surface area contributed by atoms with Crippen LogP contribution in [0.1, 0.15) is 30.6 Å². The normalized spacial score (nSPS) is 18.5. The van der Waals surface area contributed by atoms with Gasteiger partial charge in [0.05, 0.1) is 5.56 Å². The first-order chi connectivity index (χ1) is 7.89. The Morgan fingerprint density at radius 1 is 1.47 bits per heavy atom. The lowest BCUT2D eigenvalue weighted by atomic mass is 9.93. The van der Waals surface area contributed by atoms with Gasteiger partial charge in [0.2, 0.25) is 0 Å². The Morgan fingerprint density at radius 2 is 2.18 bits per heavy atom. The highest BCUT2D eigenvalue weighted by atomic mass is 127. The van der Waals surface area contributed by atoms with E-state index in [1.165, 1.54) is 0 Å². The molecule has 1 aliphatic rings. The number of hydrogen-bond donors (Lipinski definition) is 0. The Kier molecular flexibility index (Phi) is 3.83. The highest BCUT2D eigenvalue weighted by Crippen LogP contribution is 2.31. The highest BCUT2D eigenvalue weighted by molar-refractivity contribution is 14.1. The molecule has 1 aliphatic heterocycles. The summed E-state index contributed by atoms with van der Waals surface area (Å²) in [6.07, 6.45) is 1.08. The van der Waals surface area contributed by atoms with Crippen LogP contribution in [0, 0.1) is 8.99 Å². The van der Waals surface area contributed by atoms with Crippen molar-refractivity contribution in [3.05, 3.63) is 31.8 Å². The molecule has 1 fully saturated rings. The van der Waals surface area contributed by atoms with Crippen molar-refractivity contribution in [2.24, 2.45) is 5.41 Å². The van der Waals surface area contributed by atoms with Crippen LogP contribution < -0.4 is 0 Å². The second kappa shape index (κ2) is 4.88. The Bertz CT molecular complexity index is 459. The van der Waals surface area contributed by atoms with E-state index in [0.29, 0.717) is 0 Å². The van der Waals surface area contributed by atoms with E-state index in [9.17, 15) is 4.79 Å². The Labute approximate surface area is 124 Å². The molecule has 17 heavy (non-hydrogen) atoms. The summed E-state index contributed by atoms with van der Waals surface area (Å²) in [4.78, 5) is 14.4. The molecule has 0 unspecified atom stereocenters. The van der Waals surface area contributed by atoms with Crippen LogP contribution in [0.15, 0.2) is 22.7 Å². The van der Waals surface area contributed by atoms with Crippen molar-refractivity contribution < 1.29 is 4.79 Å². The van der Waals surface area contributed by atoms with Crippen molar-refractivity contribution in [3.63, 3.8) is 0 Å². The quantitative estimate of drug-likeness (QED) is 0.646. The molecule has 2 rings (SSSR count). The first kappa shape index (κ1) is 13.3. The second-order valence-electron chi connectivity index (χ2n) is 5.27. The third kappa shape index (κ3) is 3.02. The monoisotopic (exact) mass is 407 g/mol. The minimum atomic E-state index is 0.140. The van der Waals surface area contributed by atoms with Crippen LogP contribution in [0.4, 0.5) is 0 Å². The van der Waals surface area contributed by atoms with Crippen molar-refractivity contribution in [2.45, 2.75) is 20.3 Å². The van der Waals surface area contributed by atoms with E-state index in [4.69, 9.17) is 0 Å². The van der Waals surface area contributed by atoms with Gasteiger partial charge in [0.25, 0.3) is 5.91 Å². The molecule has 2 nitrogen and oxygen atoms in total. The SMILES string of the molecule is CC1(C)CCN(C(=O)c2cc(I)ccc2Br)C1. The molecule has 0 radical (unpaired) electrons. The molecule has 1 amide bonds. The predicted molar refractivity (Wildman–Crippen MR) is 81.2 cm³/mol. The molecule has 1 aromatic carbocycles. The number of carbonyl (C=O) groups excluding carboxylic acids is 1. The van der Waals surface area contributed by atoms with E-state index in [0.717, 1.165) is 33.1 Å². The summed E-state index contributed by atoms with van der Waals surface area (Å²) in [5, 5.41) is 0. The zero-order valence-corrected chi connectivity index (χ0v) is 13.7. The standard InChI is InChI=1S/C13H15BrINO/c1-13(2)5-6-16(8-13)12(17)10-7-9(15)3-4-11(10)14/h3-4,7H,5-6,8H2,1-2H3. The number of rotatable bonds is 1. The van der Waals surface area contributed by atoms with Crippen LogP contribution in [0.5, 0.6) is 0 Å². The molecule has 0 bridgehead atoms. The van der Waals surface area contributed by atoms with Crippen LogP contribution >= 0.6 is 38.5 Å². The van der Waals surface area contributed by atoms with Crippen LogP contribution in [-0.4, -0.2) is 23.9 Å². The smallest absolute Gasteiger partial charge is 0.255 e. The van der Waals surface area contributed by atoms with Crippen molar-refractivity contribution in [1.82, 2.24) is 4.90 Å². The molecule has 0 N–H and O–H groups in total. The summed E-state index contributed by atoms with van der Waals surface area (Å²) in [7, 11) is 0. The number of benzene rings is 1. The first-order valence-electron chi connectivity index (χ1n) is 5.63. The van der Waals surface area contributed by atoms with Gasteiger partial charge in [-0.05, 0) is 68.6 Å². The summed E-state index contributed by atoms with van der Waals surface area (Å²) in [5.41, 5.74) is 1.03. The molecule has 1 aromatic rings. The first-order valence-corrected chi connectivity index (χ1v) is 7.51. The largest absolute Gasteiger partial charge is 0.338 e. The van der Waals surface area contributed by atoms with Gasteiger partial charge in [0.1, 0.15) is 0 Å². The van der Waals surface area contributed by atoms with Gasteiger partial charge in [-0.3, -0.25) is 4.79 Å². The van der Waals surface area contributed by atoms with Gasteiger partial charge in [0, 0.05) is 21.1 Å². The van der Waals surface area contributed by atoms with E-state index in [1.807, 2.05) is 23.1 Å². The van der Waals surface area contributed by atoms with Crippen molar-refractivity contribution >= 4 is 44.4 Å². The average Bonchev–Trinajstić information content (AvgIpc) is 2.61. The molecule has 0 saturated carbocycles. The number of hydrogen-bond acceptors (Lipinski definition) is 1. The van der Waals surface area contributed by atoms with Crippen molar-refractivity contribution in [2.75, 3.05) is 13.1 Å². The van der Waals surface area contributed by atoms with Gasteiger partial charge < -0.3 is 4.90 Å². The minimum absolute atomic E-state index is 0.140. The summed E-state index contributed by atoms with van der Waals surface area (Å²) < 4.78 is 1.97. The maximum absolute atomic E-state index is 12.4. The molecule has 0 aromatic heterocycles. The maximum Gasteiger partial charge on any atom is 0.255 e. The Hall–Kier alpha value is -0.100. The van der Waals surface area contributed by atoms with Gasteiger partial charge in [-0.2, -0.15) is 0 Å². The van der Waals surface area contributed by atoms with Crippen LogP contribution in [-0.2, 0) is 0 Å². The topological polar surface area (TPSA) is 20.3 Å². The highest BCUT2D eigenvalue weighted by Gasteiger charge is 2.32. The number of likely N-dealkylation sites (tertiary alicyclic amines) is 1.